The van der Waals surface area contributed by atoms with Crippen LogP contribution in [0.4, 0.5) is 13.2 Å². The lowest BCUT2D eigenvalue weighted by atomic mass is 9.84. The number of rotatable bonds is 4. The quantitative estimate of drug-likeness (QED) is 0.781. The third kappa shape index (κ3) is 3.86. The second-order valence-electron chi connectivity index (χ2n) is 4.88. The van der Waals surface area contributed by atoms with Crippen LogP contribution in [-0.4, -0.2) is 5.78 Å². The predicted molar refractivity (Wildman–Crippen MR) is 64.3 cm³/mol. The molecule has 0 radical (unpaired) electrons. The number of carbonyl (C=O) groups excluding carboxylic acids is 1. The minimum atomic E-state index is -4.31. The van der Waals surface area contributed by atoms with Crippen molar-refractivity contribution in [3.8, 4) is 0 Å². The number of ketones is 1. The summed E-state index contributed by atoms with van der Waals surface area (Å²) in [7, 11) is 0. The molecule has 0 bridgehead atoms. The fourth-order valence-corrected chi connectivity index (χ4v) is 1.97. The summed E-state index contributed by atoms with van der Waals surface area (Å²) in [5.74, 6) is 0.240. The summed E-state index contributed by atoms with van der Waals surface area (Å²) < 4.78 is 37.3. The van der Waals surface area contributed by atoms with Gasteiger partial charge in [0.15, 0.2) is 0 Å². The lowest BCUT2D eigenvalue weighted by Crippen LogP contribution is -2.11. The van der Waals surface area contributed by atoms with Gasteiger partial charge < -0.3 is 4.79 Å². The highest BCUT2D eigenvalue weighted by atomic mass is 19.4. The van der Waals surface area contributed by atoms with Crippen LogP contribution in [0.2, 0.25) is 0 Å². The Morgan fingerprint density at radius 1 is 1.17 bits per heavy atom. The molecule has 4 heteroatoms. The number of alkyl halides is 3. The molecule has 1 nitrogen and oxygen atoms in total. The standard InChI is InChI=1S/C14H17F3O/c1-9(2)13(8-10(3)18)11-4-6-12(7-5-11)14(15,16)17/h4-7,9,13H,8H2,1-3H3/t13-/m0/s1. The van der Waals surface area contributed by atoms with Crippen LogP contribution in [-0.2, 0) is 11.0 Å². The van der Waals surface area contributed by atoms with Gasteiger partial charge in [-0.3, -0.25) is 0 Å². The number of carbonyl (C=O) groups is 1. The van der Waals surface area contributed by atoms with Gasteiger partial charge in [-0.05, 0) is 36.5 Å². The minimum absolute atomic E-state index is 0.0233. The van der Waals surface area contributed by atoms with Gasteiger partial charge in [-0.1, -0.05) is 26.0 Å². The van der Waals surface area contributed by atoms with Crippen LogP contribution in [0.5, 0.6) is 0 Å². The second kappa shape index (κ2) is 5.55. The van der Waals surface area contributed by atoms with E-state index < -0.39 is 11.7 Å². The van der Waals surface area contributed by atoms with E-state index in [9.17, 15) is 18.0 Å². The molecular formula is C14H17F3O. The van der Waals surface area contributed by atoms with E-state index in [-0.39, 0.29) is 17.6 Å². The molecule has 0 aliphatic heterocycles. The van der Waals surface area contributed by atoms with Gasteiger partial charge in [0.25, 0.3) is 0 Å². The third-order valence-corrected chi connectivity index (χ3v) is 2.98. The Balaban J connectivity index is 2.97. The molecule has 0 amide bonds. The summed E-state index contributed by atoms with van der Waals surface area (Å²) in [6.45, 7) is 5.43. The first-order valence-electron chi connectivity index (χ1n) is 5.88. The lowest BCUT2D eigenvalue weighted by molar-refractivity contribution is -0.137. The molecule has 0 saturated heterocycles. The van der Waals surface area contributed by atoms with Gasteiger partial charge >= 0.3 is 6.18 Å². The Kier molecular flexibility index (Phi) is 4.54. The highest BCUT2D eigenvalue weighted by Crippen LogP contribution is 2.33. The summed E-state index contributed by atoms with van der Waals surface area (Å²) in [4.78, 5) is 11.2. The SMILES string of the molecule is CC(=O)C[C@H](c1ccc(C(F)(F)F)cc1)C(C)C. The first-order chi connectivity index (χ1) is 8.21. The Labute approximate surface area is 105 Å². The highest BCUT2D eigenvalue weighted by molar-refractivity contribution is 5.76. The zero-order valence-electron chi connectivity index (χ0n) is 10.7. The van der Waals surface area contributed by atoms with E-state index in [2.05, 4.69) is 0 Å². The zero-order chi connectivity index (χ0) is 13.9. The van der Waals surface area contributed by atoms with E-state index in [1.165, 1.54) is 19.1 Å². The Morgan fingerprint density at radius 3 is 2.00 bits per heavy atom. The molecule has 1 aromatic carbocycles. The van der Waals surface area contributed by atoms with Crippen molar-refractivity contribution >= 4 is 5.78 Å². The van der Waals surface area contributed by atoms with Crippen molar-refractivity contribution in [3.05, 3.63) is 35.4 Å². The largest absolute Gasteiger partial charge is 0.416 e. The van der Waals surface area contributed by atoms with Crippen LogP contribution in [0.25, 0.3) is 0 Å². The van der Waals surface area contributed by atoms with Gasteiger partial charge in [0, 0.05) is 6.42 Å². The Bertz CT molecular complexity index is 404. The number of Topliss-reactive ketones (excluding diaryl/α,β-unsaturated/α-hetero) is 1. The van der Waals surface area contributed by atoms with Crippen LogP contribution >= 0.6 is 0 Å². The molecule has 100 valence electrons. The minimum Gasteiger partial charge on any atom is -0.300 e. The predicted octanol–water partition coefficient (Wildman–Crippen LogP) is 4.42. The second-order valence-corrected chi connectivity index (χ2v) is 4.88. The zero-order valence-corrected chi connectivity index (χ0v) is 10.7. The van der Waals surface area contributed by atoms with Gasteiger partial charge in [0.2, 0.25) is 0 Å². The summed E-state index contributed by atoms with van der Waals surface area (Å²) >= 11 is 0. The molecule has 0 unspecified atom stereocenters. The van der Waals surface area contributed by atoms with Gasteiger partial charge in [-0.25, -0.2) is 0 Å². The molecule has 0 saturated carbocycles. The fourth-order valence-electron chi connectivity index (χ4n) is 1.97. The Hall–Kier alpha value is -1.32. The topological polar surface area (TPSA) is 17.1 Å². The van der Waals surface area contributed by atoms with Crippen LogP contribution < -0.4 is 0 Å². The van der Waals surface area contributed by atoms with E-state index in [1.54, 1.807) is 0 Å². The molecule has 1 aromatic rings. The van der Waals surface area contributed by atoms with Crippen LogP contribution in [0, 0.1) is 5.92 Å². The van der Waals surface area contributed by atoms with Crippen molar-refractivity contribution in [1.82, 2.24) is 0 Å². The van der Waals surface area contributed by atoms with Crippen molar-refractivity contribution < 1.29 is 18.0 Å². The molecule has 0 heterocycles. The van der Waals surface area contributed by atoms with Crippen molar-refractivity contribution in [1.29, 1.82) is 0 Å². The van der Waals surface area contributed by atoms with Gasteiger partial charge in [-0.15, -0.1) is 0 Å². The van der Waals surface area contributed by atoms with Crippen molar-refractivity contribution in [3.63, 3.8) is 0 Å². The van der Waals surface area contributed by atoms with Crippen LogP contribution in [0.1, 0.15) is 44.2 Å². The normalized spacial score (nSPS) is 13.7. The highest BCUT2D eigenvalue weighted by Gasteiger charge is 2.30. The van der Waals surface area contributed by atoms with E-state index in [1.807, 2.05) is 13.8 Å². The van der Waals surface area contributed by atoms with Crippen molar-refractivity contribution in [2.75, 3.05) is 0 Å². The lowest BCUT2D eigenvalue weighted by Gasteiger charge is -2.20. The van der Waals surface area contributed by atoms with Crippen LogP contribution in [0.3, 0.4) is 0 Å². The summed E-state index contributed by atoms with van der Waals surface area (Å²) in [6.07, 6.45) is -3.95. The number of halogens is 3. The van der Waals surface area contributed by atoms with E-state index in [4.69, 9.17) is 0 Å². The molecule has 0 aliphatic rings. The molecule has 0 aromatic heterocycles. The van der Waals surface area contributed by atoms with Crippen LogP contribution in [0.15, 0.2) is 24.3 Å². The smallest absolute Gasteiger partial charge is 0.300 e. The average molecular weight is 258 g/mol. The first-order valence-corrected chi connectivity index (χ1v) is 5.88. The van der Waals surface area contributed by atoms with Gasteiger partial charge in [-0.2, -0.15) is 13.2 Å². The monoisotopic (exact) mass is 258 g/mol. The molecule has 0 fully saturated rings. The molecule has 0 aliphatic carbocycles. The summed E-state index contributed by atoms with van der Waals surface area (Å²) in [5, 5.41) is 0. The maximum absolute atomic E-state index is 12.4. The van der Waals surface area contributed by atoms with Gasteiger partial charge in [0.1, 0.15) is 5.78 Å². The Morgan fingerprint density at radius 2 is 1.67 bits per heavy atom. The molecule has 0 N–H and O–H groups in total. The third-order valence-electron chi connectivity index (χ3n) is 2.98. The fraction of sp³-hybridized carbons (Fsp3) is 0.500. The number of hydrogen-bond donors (Lipinski definition) is 0. The van der Waals surface area contributed by atoms with Crippen molar-refractivity contribution in [2.45, 2.75) is 39.3 Å². The first kappa shape index (κ1) is 14.7. The molecule has 1 atom stereocenters. The van der Waals surface area contributed by atoms with E-state index in [0.29, 0.717) is 6.42 Å². The van der Waals surface area contributed by atoms with Gasteiger partial charge in [0.05, 0.1) is 5.56 Å². The number of hydrogen-bond acceptors (Lipinski definition) is 1. The summed E-state index contributed by atoms with van der Waals surface area (Å²) in [6, 6.07) is 5.09. The van der Waals surface area contributed by atoms with E-state index in [0.717, 1.165) is 17.7 Å². The maximum atomic E-state index is 12.4. The maximum Gasteiger partial charge on any atom is 0.416 e. The summed E-state index contributed by atoms with van der Waals surface area (Å²) in [5.41, 5.74) is 0.129. The molecule has 1 rings (SSSR count). The molecule has 0 spiro atoms. The molecular weight excluding hydrogens is 241 g/mol. The van der Waals surface area contributed by atoms with E-state index >= 15 is 0 Å². The number of benzene rings is 1. The average Bonchev–Trinajstić information content (AvgIpc) is 2.24. The van der Waals surface area contributed by atoms with Crippen molar-refractivity contribution in [2.24, 2.45) is 5.92 Å². The molecule has 18 heavy (non-hydrogen) atoms.